The van der Waals surface area contributed by atoms with Crippen molar-refractivity contribution in [1.82, 2.24) is 0 Å². The van der Waals surface area contributed by atoms with Crippen LogP contribution in [0.5, 0.6) is 5.75 Å². The van der Waals surface area contributed by atoms with Crippen LogP contribution < -0.4 is 10.1 Å². The van der Waals surface area contributed by atoms with Crippen molar-refractivity contribution in [2.24, 2.45) is 5.41 Å². The Hall–Kier alpha value is -3.67. The predicted octanol–water partition coefficient (Wildman–Crippen LogP) is 6.93. The van der Waals surface area contributed by atoms with E-state index in [0.29, 0.717) is 5.69 Å². The Balaban J connectivity index is 1.89. The fourth-order valence-corrected chi connectivity index (χ4v) is 4.06. The fraction of sp³-hybridized carbons (Fsp3) is 0.367. The number of carbonyl (C=O) groups is 3. The van der Waals surface area contributed by atoms with E-state index in [1.807, 2.05) is 25.2 Å². The van der Waals surface area contributed by atoms with Crippen molar-refractivity contribution in [3.8, 4) is 5.75 Å². The van der Waals surface area contributed by atoms with Crippen LogP contribution in [-0.2, 0) is 14.4 Å². The van der Waals surface area contributed by atoms with Crippen molar-refractivity contribution in [3.05, 3.63) is 83.0 Å². The highest BCUT2D eigenvalue weighted by Crippen LogP contribution is 2.40. The molecular weight excluding hydrogens is 454 g/mol. The first kappa shape index (κ1) is 28.6. The maximum absolute atomic E-state index is 12.3. The summed E-state index contributed by atoms with van der Waals surface area (Å²) < 4.78 is 5.07. The standard InChI is InChI=1S/C30H37NO5/c1-21(11-16-26-23(3)10-7-19-30(26,4)5)8-6-9-22(2)20-27(32)31-24-12-14-25(15-13-24)36-29(35)18-17-28(33)34/h6,8-9,11-16,20H,7,10,17-19H2,1-5H3,(H,31,32)(H,33,34)/b9-6+,16-11+,21-8+,22-20+. The van der Waals surface area contributed by atoms with E-state index in [4.69, 9.17) is 9.84 Å². The van der Waals surface area contributed by atoms with E-state index in [-0.39, 0.29) is 29.9 Å². The molecule has 1 aliphatic carbocycles. The molecule has 0 bridgehead atoms. The van der Waals surface area contributed by atoms with E-state index in [2.05, 4.69) is 45.2 Å². The third kappa shape index (κ3) is 9.90. The van der Waals surface area contributed by atoms with Crippen LogP contribution in [0.15, 0.2) is 83.0 Å². The van der Waals surface area contributed by atoms with Crippen molar-refractivity contribution in [2.45, 2.75) is 66.7 Å². The van der Waals surface area contributed by atoms with Crippen LogP contribution >= 0.6 is 0 Å². The Morgan fingerprint density at radius 2 is 1.75 bits per heavy atom. The first-order valence-corrected chi connectivity index (χ1v) is 12.2. The summed E-state index contributed by atoms with van der Waals surface area (Å²) in [5.74, 6) is -1.67. The zero-order chi connectivity index (χ0) is 26.7. The number of allylic oxidation sites excluding steroid dienone is 9. The number of rotatable bonds is 10. The Morgan fingerprint density at radius 3 is 2.39 bits per heavy atom. The monoisotopic (exact) mass is 491 g/mol. The van der Waals surface area contributed by atoms with E-state index >= 15 is 0 Å². The van der Waals surface area contributed by atoms with Crippen molar-refractivity contribution < 1.29 is 24.2 Å². The number of carboxylic acid groups (broad SMARTS) is 1. The third-order valence-corrected chi connectivity index (χ3v) is 6.03. The molecule has 0 fully saturated rings. The van der Waals surface area contributed by atoms with Gasteiger partial charge in [0.15, 0.2) is 0 Å². The number of carboxylic acids is 1. The normalized spacial score (nSPS) is 16.5. The van der Waals surface area contributed by atoms with Crippen LogP contribution in [0.4, 0.5) is 5.69 Å². The van der Waals surface area contributed by atoms with E-state index in [9.17, 15) is 14.4 Å². The molecule has 0 atom stereocenters. The number of carbonyl (C=O) groups excluding carboxylic acids is 2. The van der Waals surface area contributed by atoms with Gasteiger partial charge in [0, 0.05) is 11.8 Å². The van der Waals surface area contributed by atoms with Gasteiger partial charge in [-0.25, -0.2) is 0 Å². The topological polar surface area (TPSA) is 92.7 Å². The van der Waals surface area contributed by atoms with Gasteiger partial charge in [0.1, 0.15) is 5.75 Å². The summed E-state index contributed by atoms with van der Waals surface area (Å²) in [5, 5.41) is 11.4. The van der Waals surface area contributed by atoms with Crippen LogP contribution in [0.25, 0.3) is 0 Å². The summed E-state index contributed by atoms with van der Waals surface area (Å²) in [7, 11) is 0. The molecule has 192 valence electrons. The summed E-state index contributed by atoms with van der Waals surface area (Å²) in [6.45, 7) is 10.8. The van der Waals surface area contributed by atoms with Gasteiger partial charge in [0.05, 0.1) is 12.8 Å². The molecule has 0 heterocycles. The van der Waals surface area contributed by atoms with Gasteiger partial charge >= 0.3 is 11.9 Å². The number of hydrogen-bond donors (Lipinski definition) is 2. The van der Waals surface area contributed by atoms with Crippen LogP contribution in [0, 0.1) is 5.41 Å². The molecule has 1 aromatic carbocycles. The SMILES string of the molecule is CC1=C(/C=C/C(C)=C/C=C/C(C)=C/C(=O)Nc2ccc(OC(=O)CCC(=O)O)cc2)C(C)(C)CCC1. The predicted molar refractivity (Wildman–Crippen MR) is 144 cm³/mol. The third-order valence-electron chi connectivity index (χ3n) is 6.03. The van der Waals surface area contributed by atoms with Crippen molar-refractivity contribution in [2.75, 3.05) is 5.32 Å². The number of ether oxygens (including phenoxy) is 1. The summed E-state index contributed by atoms with van der Waals surface area (Å²) in [4.78, 5) is 34.4. The number of anilines is 1. The quantitative estimate of drug-likeness (QED) is 0.160. The lowest BCUT2D eigenvalue weighted by molar-refractivity contribution is -0.142. The molecule has 1 amide bonds. The smallest absolute Gasteiger partial charge is 0.311 e. The number of esters is 1. The highest BCUT2D eigenvalue weighted by atomic mass is 16.5. The second-order valence-corrected chi connectivity index (χ2v) is 9.80. The van der Waals surface area contributed by atoms with Crippen LogP contribution in [-0.4, -0.2) is 23.0 Å². The van der Waals surface area contributed by atoms with Crippen molar-refractivity contribution >= 4 is 23.5 Å². The van der Waals surface area contributed by atoms with Gasteiger partial charge in [0.2, 0.25) is 5.91 Å². The summed E-state index contributed by atoms with van der Waals surface area (Å²) in [6, 6.07) is 6.30. The molecule has 0 unspecified atom stereocenters. The number of benzene rings is 1. The van der Waals surface area contributed by atoms with Crippen LogP contribution in [0.1, 0.15) is 66.7 Å². The molecule has 36 heavy (non-hydrogen) atoms. The molecule has 6 nitrogen and oxygen atoms in total. The maximum atomic E-state index is 12.3. The minimum atomic E-state index is -1.06. The lowest BCUT2D eigenvalue weighted by atomic mass is 9.72. The van der Waals surface area contributed by atoms with Crippen molar-refractivity contribution in [1.29, 1.82) is 0 Å². The van der Waals surface area contributed by atoms with E-state index < -0.39 is 11.9 Å². The fourth-order valence-electron chi connectivity index (χ4n) is 4.06. The molecule has 2 rings (SSSR count). The Bertz CT molecular complexity index is 1110. The lowest BCUT2D eigenvalue weighted by Crippen LogP contribution is -2.19. The van der Waals surface area contributed by atoms with Gasteiger partial charge in [-0.1, -0.05) is 55.4 Å². The second-order valence-electron chi connectivity index (χ2n) is 9.80. The number of amides is 1. The number of aliphatic carboxylic acids is 1. The molecule has 6 heteroatoms. The van der Waals surface area contributed by atoms with Gasteiger partial charge in [-0.2, -0.15) is 0 Å². The molecular formula is C30H37NO5. The van der Waals surface area contributed by atoms with E-state index in [0.717, 1.165) is 11.1 Å². The Labute approximate surface area is 214 Å². The number of nitrogens with one attached hydrogen (secondary N) is 1. The largest absolute Gasteiger partial charge is 0.481 e. The highest BCUT2D eigenvalue weighted by Gasteiger charge is 2.26. The first-order valence-electron chi connectivity index (χ1n) is 12.2. The van der Waals surface area contributed by atoms with E-state index in [1.165, 1.54) is 48.6 Å². The highest BCUT2D eigenvalue weighted by molar-refractivity contribution is 6.00. The lowest BCUT2D eigenvalue weighted by Gasteiger charge is -2.32. The average Bonchev–Trinajstić information content (AvgIpc) is 2.78. The maximum Gasteiger partial charge on any atom is 0.311 e. The van der Waals surface area contributed by atoms with Gasteiger partial charge in [0.25, 0.3) is 0 Å². The summed E-state index contributed by atoms with van der Waals surface area (Å²) in [6.07, 6.45) is 14.9. The molecule has 0 saturated heterocycles. The summed E-state index contributed by atoms with van der Waals surface area (Å²) >= 11 is 0. The molecule has 0 aromatic heterocycles. The molecule has 0 spiro atoms. The zero-order valence-electron chi connectivity index (χ0n) is 21.9. The molecule has 0 radical (unpaired) electrons. The Kier molecular flexibility index (Phi) is 10.7. The minimum absolute atomic E-state index is 0.202. The Morgan fingerprint density at radius 1 is 1.06 bits per heavy atom. The zero-order valence-corrected chi connectivity index (χ0v) is 21.9. The summed E-state index contributed by atoms with van der Waals surface area (Å²) in [5.41, 5.74) is 5.61. The second kappa shape index (κ2) is 13.4. The van der Waals surface area contributed by atoms with E-state index in [1.54, 1.807) is 12.1 Å². The van der Waals surface area contributed by atoms with Gasteiger partial charge < -0.3 is 15.2 Å². The molecule has 1 aromatic rings. The average molecular weight is 492 g/mol. The minimum Gasteiger partial charge on any atom is -0.481 e. The molecule has 2 N–H and O–H groups in total. The van der Waals surface area contributed by atoms with Crippen molar-refractivity contribution in [3.63, 3.8) is 0 Å². The number of hydrogen-bond acceptors (Lipinski definition) is 4. The van der Waals surface area contributed by atoms with Crippen LogP contribution in [0.2, 0.25) is 0 Å². The van der Waals surface area contributed by atoms with Gasteiger partial charge in [-0.15, -0.1) is 0 Å². The van der Waals surface area contributed by atoms with Gasteiger partial charge in [-0.3, -0.25) is 14.4 Å². The molecule has 1 aliphatic rings. The molecule has 0 saturated carbocycles. The van der Waals surface area contributed by atoms with Gasteiger partial charge in [-0.05, 0) is 80.9 Å². The first-order chi connectivity index (χ1) is 17.0. The van der Waals surface area contributed by atoms with Crippen LogP contribution in [0.3, 0.4) is 0 Å². The molecule has 0 aliphatic heterocycles.